The van der Waals surface area contributed by atoms with Crippen LogP contribution >= 0.6 is 12.2 Å². The molecule has 1 unspecified atom stereocenters. The minimum atomic E-state index is -3.63. The number of nitrogens with two attached hydrogens (primary N) is 1. The van der Waals surface area contributed by atoms with Gasteiger partial charge in [-0.1, -0.05) is 12.2 Å². The fourth-order valence-electron chi connectivity index (χ4n) is 2.03. The molecule has 0 aliphatic carbocycles. The summed E-state index contributed by atoms with van der Waals surface area (Å²) in [6, 6.07) is 3.02. The summed E-state index contributed by atoms with van der Waals surface area (Å²) in [7, 11) is -2.06. The van der Waals surface area contributed by atoms with Crippen molar-refractivity contribution in [2.45, 2.75) is 17.4 Å². The third-order valence-corrected chi connectivity index (χ3v) is 5.15. The Labute approximate surface area is 117 Å². The lowest BCUT2D eigenvalue weighted by molar-refractivity contribution is 0.115. The van der Waals surface area contributed by atoms with Crippen LogP contribution < -0.4 is 5.73 Å². The van der Waals surface area contributed by atoms with Gasteiger partial charge in [-0.25, -0.2) is 8.42 Å². The van der Waals surface area contributed by atoms with Gasteiger partial charge in [-0.2, -0.15) is 4.31 Å². The van der Waals surface area contributed by atoms with E-state index >= 15 is 0 Å². The summed E-state index contributed by atoms with van der Waals surface area (Å²) in [5.74, 6) is 0. The van der Waals surface area contributed by atoms with E-state index in [1.54, 1.807) is 13.2 Å². The third-order valence-electron chi connectivity index (χ3n) is 3.06. The summed E-state index contributed by atoms with van der Waals surface area (Å²) in [4.78, 5) is 3.98. The van der Waals surface area contributed by atoms with Gasteiger partial charge in [0.2, 0.25) is 10.0 Å². The molecule has 0 aromatic carbocycles. The largest absolute Gasteiger partial charge is 0.388 e. The van der Waals surface area contributed by atoms with Gasteiger partial charge in [-0.05, 0) is 18.6 Å². The van der Waals surface area contributed by atoms with Gasteiger partial charge in [0, 0.05) is 26.4 Å². The van der Waals surface area contributed by atoms with Crippen LogP contribution in [0.4, 0.5) is 0 Å². The van der Waals surface area contributed by atoms with Crippen LogP contribution in [0.1, 0.15) is 12.1 Å². The van der Waals surface area contributed by atoms with Crippen LogP contribution in [0.25, 0.3) is 0 Å². The number of sulfonamides is 1. The molecule has 1 atom stereocenters. The van der Waals surface area contributed by atoms with Gasteiger partial charge in [-0.15, -0.1) is 0 Å². The second-order valence-electron chi connectivity index (χ2n) is 4.22. The molecule has 0 spiro atoms. The average molecular weight is 301 g/mol. The number of hydrogen-bond donors (Lipinski definition) is 1. The van der Waals surface area contributed by atoms with Crippen molar-refractivity contribution in [3.8, 4) is 0 Å². The molecule has 2 N–H and O–H groups in total. The summed E-state index contributed by atoms with van der Waals surface area (Å²) in [6.45, 7) is 0.761. The Hall–Kier alpha value is -1.09. The van der Waals surface area contributed by atoms with Crippen molar-refractivity contribution in [2.75, 3.05) is 20.2 Å². The minimum Gasteiger partial charge on any atom is -0.388 e. The number of thiocarbonyl (C=S) groups is 1. The molecule has 0 amide bonds. The first-order valence-electron chi connectivity index (χ1n) is 5.74. The number of aromatic nitrogens is 1. The average Bonchev–Trinajstić information content (AvgIpc) is 2.88. The highest BCUT2D eigenvalue weighted by Gasteiger charge is 2.34. The second-order valence-corrected chi connectivity index (χ2v) is 6.57. The molecule has 104 valence electrons. The normalized spacial score (nSPS) is 20.6. The fourth-order valence-corrected chi connectivity index (χ4v) is 3.90. The van der Waals surface area contributed by atoms with E-state index < -0.39 is 10.0 Å². The fraction of sp³-hybridized carbons (Fsp3) is 0.455. The van der Waals surface area contributed by atoms with Crippen LogP contribution in [0.15, 0.2) is 23.2 Å². The van der Waals surface area contributed by atoms with Crippen LogP contribution in [-0.4, -0.2) is 49.0 Å². The van der Waals surface area contributed by atoms with E-state index in [0.717, 1.165) is 0 Å². The van der Waals surface area contributed by atoms with Crippen molar-refractivity contribution in [2.24, 2.45) is 5.73 Å². The summed E-state index contributed by atoms with van der Waals surface area (Å²) in [6.07, 6.45) is 2.08. The molecule has 0 radical (unpaired) electrons. The Morgan fingerprint density at radius 1 is 1.63 bits per heavy atom. The lowest BCUT2D eigenvalue weighted by Crippen LogP contribution is -2.32. The first kappa shape index (κ1) is 14.3. The predicted molar refractivity (Wildman–Crippen MR) is 74.3 cm³/mol. The Morgan fingerprint density at radius 2 is 2.37 bits per heavy atom. The Morgan fingerprint density at radius 3 is 2.95 bits per heavy atom. The van der Waals surface area contributed by atoms with E-state index in [9.17, 15) is 8.42 Å². The number of rotatable bonds is 4. The van der Waals surface area contributed by atoms with Crippen molar-refractivity contribution in [1.82, 2.24) is 9.29 Å². The van der Waals surface area contributed by atoms with E-state index in [0.29, 0.717) is 19.5 Å². The molecule has 1 aliphatic heterocycles. The van der Waals surface area contributed by atoms with Crippen LogP contribution in [0, 0.1) is 0 Å². The van der Waals surface area contributed by atoms with Crippen LogP contribution in [0.5, 0.6) is 0 Å². The molecule has 1 aromatic rings. The van der Waals surface area contributed by atoms with E-state index in [4.69, 9.17) is 22.7 Å². The number of pyridine rings is 1. The first-order chi connectivity index (χ1) is 8.96. The van der Waals surface area contributed by atoms with Gasteiger partial charge in [-0.3, -0.25) is 4.98 Å². The Bertz CT molecular complexity index is 589. The predicted octanol–water partition coefficient (Wildman–Crippen LogP) is 0.125. The van der Waals surface area contributed by atoms with Gasteiger partial charge in [0.1, 0.15) is 15.6 Å². The topological polar surface area (TPSA) is 85.5 Å². The minimum absolute atomic E-state index is 0.0262. The SMILES string of the molecule is COC1CCN(S(=O)(=O)c2cccnc2C(N)=S)C1. The maximum Gasteiger partial charge on any atom is 0.245 e. The van der Waals surface area contributed by atoms with Gasteiger partial charge < -0.3 is 10.5 Å². The molecule has 1 aromatic heterocycles. The maximum absolute atomic E-state index is 12.5. The first-order valence-corrected chi connectivity index (χ1v) is 7.59. The zero-order chi connectivity index (χ0) is 14.0. The highest BCUT2D eigenvalue weighted by molar-refractivity contribution is 7.89. The van der Waals surface area contributed by atoms with E-state index in [1.165, 1.54) is 16.6 Å². The second kappa shape index (κ2) is 5.49. The summed E-state index contributed by atoms with van der Waals surface area (Å²) >= 11 is 4.85. The number of ether oxygens (including phenoxy) is 1. The number of hydrogen-bond acceptors (Lipinski definition) is 5. The maximum atomic E-state index is 12.5. The van der Waals surface area contributed by atoms with Crippen molar-refractivity contribution in [3.63, 3.8) is 0 Å². The highest BCUT2D eigenvalue weighted by atomic mass is 32.2. The lowest BCUT2D eigenvalue weighted by atomic mass is 10.3. The molecule has 1 aliphatic rings. The molecule has 0 saturated carbocycles. The van der Waals surface area contributed by atoms with Crippen molar-refractivity contribution in [1.29, 1.82) is 0 Å². The number of methoxy groups -OCH3 is 1. The van der Waals surface area contributed by atoms with E-state index in [-0.39, 0.29) is 21.7 Å². The highest BCUT2D eigenvalue weighted by Crippen LogP contribution is 2.23. The summed E-state index contributed by atoms with van der Waals surface area (Å²) in [5.41, 5.74) is 5.66. The summed E-state index contributed by atoms with van der Waals surface area (Å²) in [5, 5.41) is 0. The van der Waals surface area contributed by atoms with Crippen molar-refractivity contribution < 1.29 is 13.2 Å². The van der Waals surface area contributed by atoms with E-state index in [1.807, 2.05) is 0 Å². The lowest BCUT2D eigenvalue weighted by Gasteiger charge is -2.17. The molecule has 2 heterocycles. The zero-order valence-corrected chi connectivity index (χ0v) is 12.1. The van der Waals surface area contributed by atoms with Gasteiger partial charge in [0.25, 0.3) is 0 Å². The van der Waals surface area contributed by atoms with Crippen molar-refractivity contribution in [3.05, 3.63) is 24.0 Å². The Kier molecular flexibility index (Phi) is 4.14. The molecule has 2 rings (SSSR count). The zero-order valence-electron chi connectivity index (χ0n) is 10.4. The molecular formula is C11H15N3O3S2. The van der Waals surface area contributed by atoms with Gasteiger partial charge >= 0.3 is 0 Å². The van der Waals surface area contributed by atoms with Gasteiger partial charge in [0.05, 0.1) is 6.10 Å². The van der Waals surface area contributed by atoms with Crippen LogP contribution in [0.2, 0.25) is 0 Å². The molecule has 0 bridgehead atoms. The molecule has 1 saturated heterocycles. The molecule has 19 heavy (non-hydrogen) atoms. The summed E-state index contributed by atoms with van der Waals surface area (Å²) < 4.78 is 31.6. The monoisotopic (exact) mass is 301 g/mol. The quantitative estimate of drug-likeness (QED) is 0.795. The standard InChI is InChI=1S/C11H15N3O3S2/c1-17-8-4-6-14(7-8)19(15,16)9-3-2-5-13-10(9)11(12)18/h2-3,5,8H,4,6-7H2,1H3,(H2,12,18). The molecule has 8 heteroatoms. The van der Waals surface area contributed by atoms with E-state index in [2.05, 4.69) is 4.98 Å². The molecule has 6 nitrogen and oxygen atoms in total. The van der Waals surface area contributed by atoms with Crippen molar-refractivity contribution >= 4 is 27.2 Å². The van der Waals surface area contributed by atoms with Gasteiger partial charge in [0.15, 0.2) is 0 Å². The van der Waals surface area contributed by atoms with Crippen LogP contribution in [-0.2, 0) is 14.8 Å². The molecular weight excluding hydrogens is 286 g/mol. The number of nitrogens with zero attached hydrogens (tertiary/aromatic N) is 2. The van der Waals surface area contributed by atoms with Crippen LogP contribution in [0.3, 0.4) is 0 Å². The molecule has 1 fully saturated rings. The Balaban J connectivity index is 2.38. The third kappa shape index (κ3) is 2.76. The smallest absolute Gasteiger partial charge is 0.245 e.